The van der Waals surface area contributed by atoms with Crippen LogP contribution >= 0.6 is 0 Å². The first-order chi connectivity index (χ1) is 10.9. The molecule has 0 aliphatic heterocycles. The smallest absolute Gasteiger partial charge is 0.335 e. The molecule has 0 saturated heterocycles. The van der Waals surface area contributed by atoms with E-state index in [0.717, 1.165) is 17.2 Å². The van der Waals surface area contributed by atoms with E-state index in [1.807, 2.05) is 6.92 Å². The fraction of sp³-hybridized carbons (Fsp3) is 0.105. The van der Waals surface area contributed by atoms with Crippen molar-refractivity contribution in [1.29, 1.82) is 0 Å². The lowest BCUT2D eigenvalue weighted by Gasteiger charge is -2.09. The molecule has 0 atom stereocenters. The van der Waals surface area contributed by atoms with Gasteiger partial charge in [0.25, 0.3) is 0 Å². The van der Waals surface area contributed by atoms with Gasteiger partial charge in [0, 0.05) is 11.6 Å². The van der Waals surface area contributed by atoms with E-state index in [1.54, 1.807) is 37.3 Å². The van der Waals surface area contributed by atoms with Gasteiger partial charge in [-0.1, -0.05) is 42.5 Å². The highest BCUT2D eigenvalue weighted by Crippen LogP contribution is 2.23. The fourth-order valence-corrected chi connectivity index (χ4v) is 2.01. The minimum Gasteiger partial charge on any atom is -0.423 e. The van der Waals surface area contributed by atoms with Crippen molar-refractivity contribution in [3.63, 3.8) is 0 Å². The van der Waals surface area contributed by atoms with Crippen molar-refractivity contribution in [2.75, 3.05) is 0 Å². The van der Waals surface area contributed by atoms with Gasteiger partial charge < -0.3 is 4.74 Å². The maximum atomic E-state index is 12.5. The molecule has 2 aromatic rings. The highest BCUT2D eigenvalue weighted by molar-refractivity contribution is 6.49. The summed E-state index contributed by atoms with van der Waals surface area (Å²) >= 11 is 0. The first-order valence-corrected chi connectivity index (χ1v) is 7.03. The maximum absolute atomic E-state index is 12.5. The van der Waals surface area contributed by atoms with E-state index in [4.69, 9.17) is 4.74 Å². The monoisotopic (exact) mass is 308 g/mol. The zero-order valence-electron chi connectivity index (χ0n) is 13.0. The van der Waals surface area contributed by atoms with E-state index < -0.39 is 17.5 Å². The van der Waals surface area contributed by atoms with Crippen LogP contribution in [-0.2, 0) is 4.79 Å². The fourth-order valence-electron chi connectivity index (χ4n) is 2.01. The molecular formula is C19H16O4. The lowest BCUT2D eigenvalue weighted by molar-refractivity contribution is -0.128. The molecule has 0 aliphatic carbocycles. The second-order valence-corrected chi connectivity index (χ2v) is 5.15. The number of carbonyl (C=O) groups excluding carboxylic acids is 3. The van der Waals surface area contributed by atoms with Crippen LogP contribution in [0.3, 0.4) is 0 Å². The summed E-state index contributed by atoms with van der Waals surface area (Å²) in [6.07, 6.45) is 0.998. The summed E-state index contributed by atoms with van der Waals surface area (Å²) in [5.41, 5.74) is 2.14. The number of carbonyl (C=O) groups is 3. The van der Waals surface area contributed by atoms with E-state index in [1.165, 1.54) is 12.1 Å². The summed E-state index contributed by atoms with van der Waals surface area (Å²) in [6, 6.07) is 11.4. The largest absolute Gasteiger partial charge is 0.423 e. The van der Waals surface area contributed by atoms with Crippen LogP contribution in [-0.4, -0.2) is 17.5 Å². The van der Waals surface area contributed by atoms with Crippen LogP contribution in [0.25, 0.3) is 0 Å². The van der Waals surface area contributed by atoms with E-state index in [-0.39, 0.29) is 11.3 Å². The van der Waals surface area contributed by atoms with Crippen LogP contribution in [0.5, 0.6) is 5.75 Å². The van der Waals surface area contributed by atoms with Crippen molar-refractivity contribution in [3.05, 3.63) is 77.4 Å². The summed E-state index contributed by atoms with van der Waals surface area (Å²) < 4.78 is 5.07. The van der Waals surface area contributed by atoms with E-state index in [0.29, 0.717) is 5.56 Å². The van der Waals surface area contributed by atoms with Crippen molar-refractivity contribution < 1.29 is 19.1 Å². The van der Waals surface area contributed by atoms with E-state index in [9.17, 15) is 14.4 Å². The molecule has 2 aromatic carbocycles. The molecule has 23 heavy (non-hydrogen) atoms. The quantitative estimate of drug-likeness (QED) is 0.279. The van der Waals surface area contributed by atoms with Crippen molar-refractivity contribution in [2.24, 2.45) is 0 Å². The molecule has 0 spiro atoms. The summed E-state index contributed by atoms with van der Waals surface area (Å²) in [6.45, 7) is 7.00. The topological polar surface area (TPSA) is 60.4 Å². The maximum Gasteiger partial charge on any atom is 0.335 e. The molecular weight excluding hydrogens is 292 g/mol. The molecule has 0 heterocycles. The molecule has 0 saturated carbocycles. The van der Waals surface area contributed by atoms with Gasteiger partial charge >= 0.3 is 5.97 Å². The van der Waals surface area contributed by atoms with Gasteiger partial charge in [0.2, 0.25) is 11.6 Å². The van der Waals surface area contributed by atoms with Crippen LogP contribution in [0.15, 0.2) is 55.1 Å². The third kappa shape index (κ3) is 3.80. The van der Waals surface area contributed by atoms with Crippen LogP contribution in [0.1, 0.15) is 31.8 Å². The average Bonchev–Trinajstić information content (AvgIpc) is 2.54. The zero-order valence-corrected chi connectivity index (χ0v) is 13.0. The molecule has 0 aromatic heterocycles. The van der Waals surface area contributed by atoms with Crippen LogP contribution in [0.4, 0.5) is 0 Å². The summed E-state index contributed by atoms with van der Waals surface area (Å²) in [5.74, 6) is -2.00. The molecule has 4 nitrogen and oxygen atoms in total. The standard InChI is InChI=1S/C19H16O4/c1-4-17(20)23-16-11-13(3)7-10-15(16)19(22)18(21)14-8-5-12(2)6-9-14/h4-11H,1H2,2-3H3. The molecule has 0 fully saturated rings. The van der Waals surface area contributed by atoms with Crippen LogP contribution in [0, 0.1) is 13.8 Å². The van der Waals surface area contributed by atoms with Crippen molar-refractivity contribution in [2.45, 2.75) is 13.8 Å². The first-order valence-electron chi connectivity index (χ1n) is 7.03. The Morgan fingerprint density at radius 3 is 2.13 bits per heavy atom. The predicted molar refractivity (Wildman–Crippen MR) is 86.9 cm³/mol. The van der Waals surface area contributed by atoms with Crippen molar-refractivity contribution in [3.8, 4) is 5.75 Å². The number of aryl methyl sites for hydroxylation is 2. The number of ketones is 2. The Morgan fingerprint density at radius 1 is 0.913 bits per heavy atom. The lowest BCUT2D eigenvalue weighted by atomic mass is 9.99. The highest BCUT2D eigenvalue weighted by Gasteiger charge is 2.22. The third-order valence-electron chi connectivity index (χ3n) is 3.28. The first kappa shape index (κ1) is 16.4. The molecule has 0 amide bonds. The van der Waals surface area contributed by atoms with Gasteiger partial charge in [0.15, 0.2) is 0 Å². The van der Waals surface area contributed by atoms with Gasteiger partial charge in [0.1, 0.15) is 5.75 Å². The Hall–Kier alpha value is -3.01. The number of ether oxygens (including phenoxy) is 1. The molecule has 0 radical (unpaired) electrons. The Morgan fingerprint density at radius 2 is 1.52 bits per heavy atom. The number of hydrogen-bond donors (Lipinski definition) is 0. The summed E-state index contributed by atoms with van der Waals surface area (Å²) in [7, 11) is 0. The van der Waals surface area contributed by atoms with E-state index >= 15 is 0 Å². The normalized spacial score (nSPS) is 10.0. The number of esters is 1. The number of rotatable bonds is 5. The van der Waals surface area contributed by atoms with Crippen molar-refractivity contribution >= 4 is 17.5 Å². The molecule has 2 rings (SSSR count). The second kappa shape index (κ2) is 6.83. The van der Waals surface area contributed by atoms with Crippen molar-refractivity contribution in [1.82, 2.24) is 0 Å². The molecule has 0 N–H and O–H groups in total. The number of benzene rings is 2. The predicted octanol–water partition coefficient (Wildman–Crippen LogP) is 3.46. The van der Waals surface area contributed by atoms with Gasteiger partial charge in [-0.3, -0.25) is 9.59 Å². The highest BCUT2D eigenvalue weighted by atomic mass is 16.5. The lowest BCUT2D eigenvalue weighted by Crippen LogP contribution is -2.17. The van der Waals surface area contributed by atoms with Gasteiger partial charge in [-0.15, -0.1) is 0 Å². The molecule has 116 valence electrons. The third-order valence-corrected chi connectivity index (χ3v) is 3.28. The Balaban J connectivity index is 2.38. The molecule has 0 bridgehead atoms. The van der Waals surface area contributed by atoms with Gasteiger partial charge in [0.05, 0.1) is 5.56 Å². The molecule has 4 heteroatoms. The van der Waals surface area contributed by atoms with Crippen LogP contribution in [0.2, 0.25) is 0 Å². The Kier molecular flexibility index (Phi) is 4.86. The SMILES string of the molecule is C=CC(=O)Oc1cc(C)ccc1C(=O)C(=O)c1ccc(C)cc1. The minimum absolute atomic E-state index is 0.0522. The number of Topliss-reactive ketones (excluding diaryl/α,β-unsaturated/α-hetero) is 2. The van der Waals surface area contributed by atoms with Crippen LogP contribution < -0.4 is 4.74 Å². The zero-order chi connectivity index (χ0) is 17.0. The molecule has 0 aliphatic rings. The van der Waals surface area contributed by atoms with Gasteiger partial charge in [-0.25, -0.2) is 4.79 Å². The average molecular weight is 308 g/mol. The second-order valence-electron chi connectivity index (χ2n) is 5.15. The van der Waals surface area contributed by atoms with Gasteiger partial charge in [-0.05, 0) is 31.5 Å². The summed E-state index contributed by atoms with van der Waals surface area (Å²) in [4.78, 5) is 36.2. The minimum atomic E-state index is -0.722. The number of hydrogen-bond acceptors (Lipinski definition) is 4. The summed E-state index contributed by atoms with van der Waals surface area (Å²) in [5, 5.41) is 0. The van der Waals surface area contributed by atoms with E-state index in [2.05, 4.69) is 6.58 Å². The Labute approximate surface area is 134 Å². The Bertz CT molecular complexity index is 786. The van der Waals surface area contributed by atoms with Gasteiger partial charge in [-0.2, -0.15) is 0 Å². The molecule has 0 unspecified atom stereocenters.